The summed E-state index contributed by atoms with van der Waals surface area (Å²) in [6.07, 6.45) is 8.23. The summed E-state index contributed by atoms with van der Waals surface area (Å²) in [7, 11) is 0. The maximum absolute atomic E-state index is 5.72. The first kappa shape index (κ1) is 11.6. The Labute approximate surface area is 97.2 Å². The number of hydrogen-bond donors (Lipinski definition) is 2. The highest BCUT2D eigenvalue weighted by Gasteiger charge is 2.27. The Kier molecular flexibility index (Phi) is 3.96. The molecule has 1 fully saturated rings. The number of hydrazine groups is 1. The van der Waals surface area contributed by atoms with Crippen molar-refractivity contribution in [1.82, 2.24) is 15.2 Å². The van der Waals surface area contributed by atoms with Crippen LogP contribution in [0.5, 0.6) is 0 Å². The van der Waals surface area contributed by atoms with Crippen LogP contribution in [0.4, 0.5) is 0 Å². The van der Waals surface area contributed by atoms with E-state index in [1.54, 1.807) is 0 Å². The van der Waals surface area contributed by atoms with Gasteiger partial charge in [0.2, 0.25) is 0 Å². The summed E-state index contributed by atoms with van der Waals surface area (Å²) in [5.41, 5.74) is 4.23. The minimum absolute atomic E-state index is 0.275. The summed E-state index contributed by atoms with van der Waals surface area (Å²) < 4.78 is 2.09. The molecule has 1 aromatic rings. The van der Waals surface area contributed by atoms with Gasteiger partial charge in [0.05, 0.1) is 11.7 Å². The Morgan fingerprint density at radius 3 is 2.94 bits per heavy atom. The predicted molar refractivity (Wildman–Crippen MR) is 64.5 cm³/mol. The zero-order valence-corrected chi connectivity index (χ0v) is 10.0. The van der Waals surface area contributed by atoms with E-state index in [-0.39, 0.29) is 6.04 Å². The van der Waals surface area contributed by atoms with Crippen LogP contribution in [0.15, 0.2) is 12.3 Å². The topological polar surface area (TPSA) is 55.9 Å². The largest absolute Gasteiger partial charge is 0.271 e. The van der Waals surface area contributed by atoms with Gasteiger partial charge in [-0.3, -0.25) is 16.0 Å². The third-order valence-electron chi connectivity index (χ3n) is 3.55. The molecule has 1 atom stereocenters. The van der Waals surface area contributed by atoms with Crippen LogP contribution in [-0.4, -0.2) is 9.78 Å². The van der Waals surface area contributed by atoms with Gasteiger partial charge in [0.1, 0.15) is 0 Å². The van der Waals surface area contributed by atoms with Crippen LogP contribution in [0.25, 0.3) is 0 Å². The smallest absolute Gasteiger partial charge is 0.0657 e. The van der Waals surface area contributed by atoms with Gasteiger partial charge in [0, 0.05) is 12.7 Å². The van der Waals surface area contributed by atoms with Gasteiger partial charge in [-0.25, -0.2) is 0 Å². The second kappa shape index (κ2) is 5.46. The van der Waals surface area contributed by atoms with Crippen molar-refractivity contribution >= 4 is 0 Å². The third-order valence-corrected chi connectivity index (χ3v) is 3.55. The fraction of sp³-hybridized carbons (Fsp3) is 0.750. The van der Waals surface area contributed by atoms with E-state index in [2.05, 4.69) is 28.2 Å². The standard InChI is InChI=1S/C12H22N4/c1-2-9-16-11(7-8-14-16)12(15-13)10-5-3-4-6-10/h7-8,10,12,15H,2-6,9,13H2,1H3. The lowest BCUT2D eigenvalue weighted by Crippen LogP contribution is -2.34. The van der Waals surface area contributed by atoms with Gasteiger partial charge < -0.3 is 0 Å². The number of rotatable bonds is 5. The molecule has 1 aliphatic rings. The first-order chi connectivity index (χ1) is 7.86. The Bertz CT molecular complexity index is 315. The van der Waals surface area contributed by atoms with Gasteiger partial charge in [-0.2, -0.15) is 5.10 Å². The Hall–Kier alpha value is -0.870. The van der Waals surface area contributed by atoms with Gasteiger partial charge in [-0.1, -0.05) is 19.8 Å². The SMILES string of the molecule is CCCn1nccc1C(NN)C1CCCC1. The molecule has 0 bridgehead atoms. The van der Waals surface area contributed by atoms with Gasteiger partial charge in [-0.05, 0) is 31.2 Å². The minimum Gasteiger partial charge on any atom is -0.271 e. The number of aryl methyl sites for hydroxylation is 1. The molecule has 0 spiro atoms. The van der Waals surface area contributed by atoms with Crippen molar-refractivity contribution in [1.29, 1.82) is 0 Å². The Balaban J connectivity index is 2.15. The van der Waals surface area contributed by atoms with Crippen molar-refractivity contribution in [2.24, 2.45) is 11.8 Å². The van der Waals surface area contributed by atoms with Crippen molar-refractivity contribution in [3.8, 4) is 0 Å². The number of hydrogen-bond acceptors (Lipinski definition) is 3. The van der Waals surface area contributed by atoms with E-state index in [4.69, 9.17) is 5.84 Å². The average molecular weight is 222 g/mol. The monoisotopic (exact) mass is 222 g/mol. The van der Waals surface area contributed by atoms with E-state index < -0.39 is 0 Å². The van der Waals surface area contributed by atoms with E-state index in [9.17, 15) is 0 Å². The fourth-order valence-corrected chi connectivity index (χ4v) is 2.76. The molecule has 0 aliphatic heterocycles. The molecule has 4 nitrogen and oxygen atoms in total. The van der Waals surface area contributed by atoms with Gasteiger partial charge in [0.15, 0.2) is 0 Å². The van der Waals surface area contributed by atoms with E-state index >= 15 is 0 Å². The molecule has 0 amide bonds. The van der Waals surface area contributed by atoms with Gasteiger partial charge >= 0.3 is 0 Å². The number of nitrogens with zero attached hydrogens (tertiary/aromatic N) is 2. The molecule has 1 aliphatic carbocycles. The molecule has 1 unspecified atom stereocenters. The van der Waals surface area contributed by atoms with Crippen molar-refractivity contribution in [2.75, 3.05) is 0 Å². The maximum atomic E-state index is 5.72. The molecule has 4 heteroatoms. The van der Waals surface area contributed by atoms with E-state index in [1.165, 1.54) is 31.4 Å². The second-order valence-corrected chi connectivity index (χ2v) is 4.67. The number of nitrogens with one attached hydrogen (secondary N) is 1. The highest BCUT2D eigenvalue weighted by molar-refractivity contribution is 5.09. The molecule has 0 aromatic carbocycles. The Morgan fingerprint density at radius 2 is 2.31 bits per heavy atom. The maximum Gasteiger partial charge on any atom is 0.0657 e. The summed E-state index contributed by atoms with van der Waals surface area (Å²) in [5, 5.41) is 4.37. The lowest BCUT2D eigenvalue weighted by atomic mass is 9.96. The first-order valence-corrected chi connectivity index (χ1v) is 6.34. The number of nitrogens with two attached hydrogens (primary N) is 1. The zero-order valence-electron chi connectivity index (χ0n) is 10.0. The van der Waals surface area contributed by atoms with Crippen molar-refractivity contribution in [3.05, 3.63) is 18.0 Å². The first-order valence-electron chi connectivity index (χ1n) is 6.34. The van der Waals surface area contributed by atoms with Crippen LogP contribution in [0, 0.1) is 5.92 Å². The number of aromatic nitrogens is 2. The molecule has 3 N–H and O–H groups in total. The van der Waals surface area contributed by atoms with Crippen LogP contribution < -0.4 is 11.3 Å². The highest BCUT2D eigenvalue weighted by Crippen LogP contribution is 2.35. The summed E-state index contributed by atoms with van der Waals surface area (Å²) in [6, 6.07) is 2.37. The third kappa shape index (κ3) is 2.28. The van der Waals surface area contributed by atoms with Gasteiger partial charge in [-0.15, -0.1) is 0 Å². The molecule has 2 rings (SSSR count). The van der Waals surface area contributed by atoms with E-state index in [0.29, 0.717) is 5.92 Å². The summed E-state index contributed by atoms with van der Waals surface area (Å²) in [6.45, 7) is 3.15. The highest BCUT2D eigenvalue weighted by atomic mass is 15.3. The quantitative estimate of drug-likeness (QED) is 0.591. The lowest BCUT2D eigenvalue weighted by molar-refractivity contribution is 0.349. The van der Waals surface area contributed by atoms with Gasteiger partial charge in [0.25, 0.3) is 0 Å². The van der Waals surface area contributed by atoms with E-state index in [1.807, 2.05) is 6.20 Å². The molecular weight excluding hydrogens is 200 g/mol. The molecule has 16 heavy (non-hydrogen) atoms. The van der Waals surface area contributed by atoms with Crippen LogP contribution in [0.3, 0.4) is 0 Å². The predicted octanol–water partition coefficient (Wildman–Crippen LogP) is 1.99. The molecule has 0 saturated heterocycles. The summed E-state index contributed by atoms with van der Waals surface area (Å²) >= 11 is 0. The second-order valence-electron chi connectivity index (χ2n) is 4.67. The molecule has 1 aromatic heterocycles. The molecule has 0 radical (unpaired) electrons. The average Bonchev–Trinajstić information content (AvgIpc) is 2.92. The molecule has 90 valence electrons. The summed E-state index contributed by atoms with van der Waals surface area (Å²) in [4.78, 5) is 0. The van der Waals surface area contributed by atoms with Crippen molar-refractivity contribution < 1.29 is 0 Å². The minimum atomic E-state index is 0.275. The van der Waals surface area contributed by atoms with Crippen molar-refractivity contribution in [3.63, 3.8) is 0 Å². The van der Waals surface area contributed by atoms with Crippen LogP contribution in [0.1, 0.15) is 50.8 Å². The molecule has 1 heterocycles. The molecular formula is C12H22N4. The lowest BCUT2D eigenvalue weighted by Gasteiger charge is -2.23. The van der Waals surface area contributed by atoms with Crippen LogP contribution in [0.2, 0.25) is 0 Å². The Morgan fingerprint density at radius 1 is 1.56 bits per heavy atom. The summed E-state index contributed by atoms with van der Waals surface area (Å²) in [5.74, 6) is 6.40. The van der Waals surface area contributed by atoms with Crippen LogP contribution >= 0.6 is 0 Å². The van der Waals surface area contributed by atoms with E-state index in [0.717, 1.165) is 13.0 Å². The zero-order chi connectivity index (χ0) is 11.4. The molecule has 1 saturated carbocycles. The van der Waals surface area contributed by atoms with Crippen molar-refractivity contribution in [2.45, 2.75) is 51.6 Å². The van der Waals surface area contributed by atoms with Crippen LogP contribution in [-0.2, 0) is 6.54 Å². The normalized spacial score (nSPS) is 19.1. The fourth-order valence-electron chi connectivity index (χ4n) is 2.76.